The average molecular weight is 554 g/mol. The maximum atomic E-state index is 14.9. The van der Waals surface area contributed by atoms with E-state index in [9.17, 15) is 14.0 Å². The highest BCUT2D eigenvalue weighted by Gasteiger charge is 2.17. The van der Waals surface area contributed by atoms with E-state index in [1.165, 1.54) is 31.4 Å². The Morgan fingerprint density at radius 1 is 0.951 bits per heavy atom. The second kappa shape index (κ2) is 11.4. The van der Waals surface area contributed by atoms with Crippen LogP contribution in [0.25, 0.3) is 16.6 Å². The van der Waals surface area contributed by atoms with E-state index >= 15 is 0 Å². The maximum Gasteiger partial charge on any atom is 0.324 e. The molecule has 0 saturated heterocycles. The quantitative estimate of drug-likeness (QED) is 0.221. The van der Waals surface area contributed by atoms with Gasteiger partial charge in [-0.05, 0) is 55.3 Å². The van der Waals surface area contributed by atoms with E-state index in [1.807, 2.05) is 51.1 Å². The van der Waals surface area contributed by atoms with Crippen molar-refractivity contribution in [2.24, 2.45) is 0 Å². The van der Waals surface area contributed by atoms with Crippen molar-refractivity contribution in [3.8, 4) is 17.2 Å². The van der Waals surface area contributed by atoms with Crippen molar-refractivity contribution in [2.75, 3.05) is 17.7 Å². The smallest absolute Gasteiger partial charge is 0.324 e. The molecule has 0 saturated carbocycles. The molecule has 0 bridgehead atoms. The van der Waals surface area contributed by atoms with Gasteiger partial charge in [-0.2, -0.15) is 5.10 Å². The van der Waals surface area contributed by atoms with Crippen LogP contribution < -0.4 is 20.7 Å². The highest BCUT2D eigenvalue weighted by atomic mass is 19.1. The zero-order chi connectivity index (χ0) is 29.1. The van der Waals surface area contributed by atoms with Crippen LogP contribution in [-0.4, -0.2) is 38.7 Å². The van der Waals surface area contributed by atoms with Crippen LogP contribution in [0.2, 0.25) is 0 Å². The molecule has 5 aromatic rings. The van der Waals surface area contributed by atoms with E-state index in [0.717, 1.165) is 34.0 Å². The van der Waals surface area contributed by atoms with Gasteiger partial charge >= 0.3 is 6.03 Å². The van der Waals surface area contributed by atoms with Crippen molar-refractivity contribution in [3.63, 3.8) is 0 Å². The summed E-state index contributed by atoms with van der Waals surface area (Å²) in [6, 6.07) is 17.8. The van der Waals surface area contributed by atoms with E-state index in [4.69, 9.17) is 4.74 Å². The topological polar surface area (TPSA) is 123 Å². The molecular weight excluding hydrogens is 525 g/mol. The zero-order valence-corrected chi connectivity index (χ0v) is 22.9. The summed E-state index contributed by atoms with van der Waals surface area (Å²) in [5.41, 5.74) is 3.42. The number of hydrogen-bond donors (Lipinski definition) is 3. The standard InChI is InChI=1S/C30H28FN7O3/c1-17(2)26-16-28(38(37-26)20-7-9-24-19(13-20)6-5-18(3)34-24)36-30(40)35-25-10-8-21(14-23(25)31)41-22-11-12-33-27(15-22)29(39)32-4/h5-17H,1-4H3,(H,32,39)(H2,35,36,40). The predicted molar refractivity (Wildman–Crippen MR) is 154 cm³/mol. The number of carbonyl (C=O) groups excluding carboxylic acids is 2. The van der Waals surface area contributed by atoms with Crippen molar-refractivity contribution in [1.29, 1.82) is 0 Å². The summed E-state index contributed by atoms with van der Waals surface area (Å²) in [7, 11) is 1.49. The molecule has 10 nitrogen and oxygen atoms in total. The van der Waals surface area contributed by atoms with Crippen molar-refractivity contribution >= 4 is 34.3 Å². The van der Waals surface area contributed by atoms with E-state index in [2.05, 4.69) is 31.0 Å². The van der Waals surface area contributed by atoms with Gasteiger partial charge in [-0.15, -0.1) is 0 Å². The lowest BCUT2D eigenvalue weighted by molar-refractivity contribution is 0.0957. The number of fused-ring (bicyclic) bond motifs is 1. The van der Waals surface area contributed by atoms with Crippen LogP contribution in [0.3, 0.4) is 0 Å². The van der Waals surface area contributed by atoms with Crippen LogP contribution in [0.5, 0.6) is 11.5 Å². The summed E-state index contributed by atoms with van der Waals surface area (Å²) in [5, 5.41) is 13.4. The Hall–Kier alpha value is -5.32. The van der Waals surface area contributed by atoms with Gasteiger partial charge in [-0.1, -0.05) is 19.9 Å². The van der Waals surface area contributed by atoms with Gasteiger partial charge in [-0.3, -0.25) is 20.1 Å². The number of halogens is 1. The van der Waals surface area contributed by atoms with Gasteiger partial charge in [0.1, 0.15) is 28.8 Å². The van der Waals surface area contributed by atoms with E-state index < -0.39 is 11.8 Å². The number of benzene rings is 2. The number of aromatic nitrogens is 4. The highest BCUT2D eigenvalue weighted by molar-refractivity contribution is 5.99. The van der Waals surface area contributed by atoms with Crippen molar-refractivity contribution in [1.82, 2.24) is 25.1 Å². The zero-order valence-electron chi connectivity index (χ0n) is 22.9. The van der Waals surface area contributed by atoms with Crippen LogP contribution >= 0.6 is 0 Å². The number of nitrogens with one attached hydrogen (secondary N) is 3. The highest BCUT2D eigenvalue weighted by Crippen LogP contribution is 2.27. The summed E-state index contributed by atoms with van der Waals surface area (Å²) in [6.45, 7) is 5.95. The molecule has 3 aromatic heterocycles. The first kappa shape index (κ1) is 27.3. The molecule has 0 unspecified atom stereocenters. The summed E-state index contributed by atoms with van der Waals surface area (Å²) in [5.74, 6) is -0.0415. The predicted octanol–water partition coefficient (Wildman–Crippen LogP) is 6.18. The van der Waals surface area contributed by atoms with Gasteiger partial charge in [-0.25, -0.2) is 13.9 Å². The number of pyridine rings is 2. The molecule has 3 N–H and O–H groups in total. The fourth-order valence-electron chi connectivity index (χ4n) is 4.11. The minimum atomic E-state index is -0.702. The number of rotatable bonds is 7. The molecule has 41 heavy (non-hydrogen) atoms. The van der Waals surface area contributed by atoms with Crippen LogP contribution in [0.4, 0.5) is 20.7 Å². The normalized spacial score (nSPS) is 11.0. The second-order valence-electron chi connectivity index (χ2n) is 9.63. The molecule has 0 atom stereocenters. The van der Waals surface area contributed by atoms with E-state index in [0.29, 0.717) is 11.6 Å². The Bertz CT molecular complexity index is 1770. The SMILES string of the molecule is CNC(=O)c1cc(Oc2ccc(NC(=O)Nc3cc(C(C)C)nn3-c3ccc4nc(C)ccc4c3)c(F)c2)ccn1. The molecule has 2 aromatic carbocycles. The molecule has 0 aliphatic carbocycles. The Kier molecular flexibility index (Phi) is 7.59. The van der Waals surface area contributed by atoms with Crippen LogP contribution in [0.15, 0.2) is 72.9 Å². The lowest BCUT2D eigenvalue weighted by Gasteiger charge is -2.12. The molecule has 0 radical (unpaired) electrons. The Balaban J connectivity index is 1.33. The fourth-order valence-corrected chi connectivity index (χ4v) is 4.11. The van der Waals surface area contributed by atoms with Gasteiger partial charge < -0.3 is 15.4 Å². The Morgan fingerprint density at radius 2 is 1.76 bits per heavy atom. The Labute approximate surface area is 235 Å². The number of amides is 3. The van der Waals surface area contributed by atoms with Gasteiger partial charge in [0.05, 0.1) is 22.6 Å². The average Bonchev–Trinajstić information content (AvgIpc) is 3.38. The molecule has 3 amide bonds. The molecule has 208 valence electrons. The molecule has 5 rings (SSSR count). The third-order valence-corrected chi connectivity index (χ3v) is 6.23. The molecule has 0 aliphatic rings. The Morgan fingerprint density at radius 3 is 2.51 bits per heavy atom. The molecule has 0 spiro atoms. The monoisotopic (exact) mass is 553 g/mol. The third kappa shape index (κ3) is 6.14. The van der Waals surface area contributed by atoms with Crippen LogP contribution in [0.1, 0.15) is 41.6 Å². The van der Waals surface area contributed by atoms with Crippen molar-refractivity contribution in [2.45, 2.75) is 26.7 Å². The lowest BCUT2D eigenvalue weighted by atomic mass is 10.1. The van der Waals surface area contributed by atoms with Gasteiger partial charge in [0.15, 0.2) is 0 Å². The minimum Gasteiger partial charge on any atom is -0.457 e. The maximum absolute atomic E-state index is 14.9. The molecule has 11 heteroatoms. The summed E-state index contributed by atoms with van der Waals surface area (Å²) in [6.07, 6.45) is 1.42. The van der Waals surface area contributed by atoms with Gasteiger partial charge in [0, 0.05) is 42.5 Å². The minimum absolute atomic E-state index is 0.0436. The lowest BCUT2D eigenvalue weighted by Crippen LogP contribution is -2.22. The summed E-state index contributed by atoms with van der Waals surface area (Å²) < 4.78 is 22.2. The number of nitrogens with zero attached hydrogens (tertiary/aromatic N) is 4. The van der Waals surface area contributed by atoms with Crippen LogP contribution in [-0.2, 0) is 0 Å². The molecular formula is C30H28FN7O3. The number of anilines is 2. The summed E-state index contributed by atoms with van der Waals surface area (Å²) in [4.78, 5) is 33.3. The number of ether oxygens (including phenoxy) is 1. The van der Waals surface area contributed by atoms with Crippen LogP contribution in [0, 0.1) is 12.7 Å². The van der Waals surface area contributed by atoms with Gasteiger partial charge in [0.25, 0.3) is 5.91 Å². The largest absolute Gasteiger partial charge is 0.457 e. The van der Waals surface area contributed by atoms with E-state index in [1.54, 1.807) is 16.8 Å². The third-order valence-electron chi connectivity index (χ3n) is 6.23. The molecule has 0 fully saturated rings. The molecule has 3 heterocycles. The summed E-state index contributed by atoms with van der Waals surface area (Å²) >= 11 is 0. The van der Waals surface area contributed by atoms with Crippen molar-refractivity contribution < 1.29 is 18.7 Å². The number of aryl methyl sites for hydroxylation is 1. The first-order valence-corrected chi connectivity index (χ1v) is 12.9. The first-order chi connectivity index (χ1) is 19.7. The van der Waals surface area contributed by atoms with Crippen molar-refractivity contribution in [3.05, 3.63) is 95.8 Å². The van der Waals surface area contributed by atoms with E-state index in [-0.39, 0.29) is 29.0 Å². The van der Waals surface area contributed by atoms with Gasteiger partial charge in [0.2, 0.25) is 0 Å². The fraction of sp³-hybridized carbons (Fsp3) is 0.167. The first-order valence-electron chi connectivity index (χ1n) is 12.9. The number of carbonyl (C=O) groups is 2. The number of urea groups is 1. The molecule has 0 aliphatic heterocycles. The second-order valence-corrected chi connectivity index (χ2v) is 9.63. The number of hydrogen-bond acceptors (Lipinski definition) is 6.